The van der Waals surface area contributed by atoms with Gasteiger partial charge in [-0.2, -0.15) is 0 Å². The molecule has 9 nitrogen and oxygen atoms in total. The van der Waals surface area contributed by atoms with Gasteiger partial charge in [-0.15, -0.1) is 0 Å². The van der Waals surface area contributed by atoms with Crippen LogP contribution in [0, 0.1) is 0 Å². The second-order valence-electron chi connectivity index (χ2n) is 10.1. The smallest absolute Gasteiger partial charge is 0.257 e. The number of anilines is 1. The van der Waals surface area contributed by atoms with Crippen molar-refractivity contribution >= 4 is 34.4 Å². The minimum atomic E-state index is -0.147. The molecule has 1 atom stereocenters. The standard InChI is InChI=1S/C29H34ClN7O2/c1-36(2)15-13-31-25(38)19-39-23-10-8-21(9-11-23)28-34-27-26(24(30)16-32-29(27)35-28)33-22-12-14-37(18-22)17-20-6-4-3-5-7-20/h3-11,16,22H,12-15,17-19H2,1-2H3,(H,31,38)(H2,32,33,34,35). The van der Waals surface area contributed by atoms with Gasteiger partial charge >= 0.3 is 0 Å². The van der Waals surface area contributed by atoms with E-state index in [0.717, 1.165) is 49.4 Å². The van der Waals surface area contributed by atoms with Gasteiger partial charge in [-0.1, -0.05) is 41.9 Å². The maximum absolute atomic E-state index is 12.0. The highest BCUT2D eigenvalue weighted by Crippen LogP contribution is 2.32. The van der Waals surface area contributed by atoms with Crippen LogP contribution in [0.25, 0.3) is 22.6 Å². The van der Waals surface area contributed by atoms with Crippen LogP contribution in [0.3, 0.4) is 0 Å². The zero-order valence-corrected chi connectivity index (χ0v) is 23.0. The summed E-state index contributed by atoms with van der Waals surface area (Å²) in [4.78, 5) is 29.0. The minimum absolute atomic E-state index is 0.0290. The first-order valence-corrected chi connectivity index (χ1v) is 13.5. The predicted molar refractivity (Wildman–Crippen MR) is 155 cm³/mol. The predicted octanol–water partition coefficient (Wildman–Crippen LogP) is 4.02. The molecule has 5 rings (SSSR count). The van der Waals surface area contributed by atoms with Crippen molar-refractivity contribution in [3.05, 3.63) is 71.4 Å². The number of aromatic amines is 1. The summed E-state index contributed by atoms with van der Waals surface area (Å²) >= 11 is 6.59. The number of benzene rings is 2. The van der Waals surface area contributed by atoms with Crippen LogP contribution in [0.1, 0.15) is 12.0 Å². The molecule has 1 fully saturated rings. The van der Waals surface area contributed by atoms with Crippen molar-refractivity contribution in [3.8, 4) is 17.1 Å². The second kappa shape index (κ2) is 12.5. The Labute approximate surface area is 233 Å². The first-order chi connectivity index (χ1) is 18.9. The van der Waals surface area contributed by atoms with Crippen LogP contribution in [0.4, 0.5) is 5.69 Å². The molecule has 1 unspecified atom stereocenters. The fourth-order valence-electron chi connectivity index (χ4n) is 4.68. The number of rotatable bonds is 11. The van der Waals surface area contributed by atoms with Gasteiger partial charge in [-0.3, -0.25) is 9.69 Å². The van der Waals surface area contributed by atoms with E-state index in [9.17, 15) is 4.79 Å². The first-order valence-electron chi connectivity index (χ1n) is 13.2. The number of halogens is 1. The summed E-state index contributed by atoms with van der Waals surface area (Å²) < 4.78 is 5.63. The van der Waals surface area contributed by atoms with Gasteiger partial charge in [0.2, 0.25) is 0 Å². The molecule has 2 aromatic heterocycles. The summed E-state index contributed by atoms with van der Waals surface area (Å²) in [5, 5.41) is 7.04. The summed E-state index contributed by atoms with van der Waals surface area (Å²) in [6.45, 7) is 4.24. The molecule has 3 heterocycles. The molecule has 2 aromatic carbocycles. The zero-order valence-electron chi connectivity index (χ0n) is 22.3. The van der Waals surface area contributed by atoms with E-state index in [4.69, 9.17) is 21.3 Å². The lowest BCUT2D eigenvalue weighted by molar-refractivity contribution is -0.123. The maximum Gasteiger partial charge on any atom is 0.257 e. The third kappa shape index (κ3) is 7.06. The molecule has 1 aliphatic rings. The summed E-state index contributed by atoms with van der Waals surface area (Å²) in [6.07, 6.45) is 2.68. The Bertz CT molecular complexity index is 1390. The molecular weight excluding hydrogens is 514 g/mol. The van der Waals surface area contributed by atoms with E-state index >= 15 is 0 Å². The van der Waals surface area contributed by atoms with Crippen LogP contribution in [0.5, 0.6) is 5.75 Å². The van der Waals surface area contributed by atoms with Gasteiger partial charge < -0.3 is 25.3 Å². The number of H-pyrrole nitrogens is 1. The van der Waals surface area contributed by atoms with Gasteiger partial charge in [0.15, 0.2) is 12.3 Å². The van der Waals surface area contributed by atoms with Crippen LogP contribution in [0.15, 0.2) is 60.8 Å². The van der Waals surface area contributed by atoms with Crippen molar-refractivity contribution in [1.82, 2.24) is 30.1 Å². The number of pyridine rings is 1. The third-order valence-electron chi connectivity index (χ3n) is 6.72. The van der Waals surface area contributed by atoms with E-state index in [2.05, 4.69) is 49.8 Å². The van der Waals surface area contributed by atoms with E-state index in [1.54, 1.807) is 6.20 Å². The molecule has 1 saturated heterocycles. The number of amides is 1. The molecule has 1 aliphatic heterocycles. The summed E-state index contributed by atoms with van der Waals surface area (Å²) in [5.74, 6) is 1.15. The van der Waals surface area contributed by atoms with Gasteiger partial charge in [-0.25, -0.2) is 9.97 Å². The molecule has 0 saturated carbocycles. The van der Waals surface area contributed by atoms with Crippen LogP contribution in [0.2, 0.25) is 5.02 Å². The highest BCUT2D eigenvalue weighted by atomic mass is 35.5. The van der Waals surface area contributed by atoms with Crippen LogP contribution in [-0.4, -0.2) is 83.6 Å². The average molecular weight is 548 g/mol. The molecule has 3 N–H and O–H groups in total. The van der Waals surface area contributed by atoms with Gasteiger partial charge in [0.05, 0.1) is 16.9 Å². The van der Waals surface area contributed by atoms with E-state index in [0.29, 0.717) is 28.8 Å². The first kappa shape index (κ1) is 26.9. The number of nitrogens with one attached hydrogen (secondary N) is 3. The Balaban J connectivity index is 1.22. The number of hydrogen-bond acceptors (Lipinski definition) is 7. The number of ether oxygens (including phenoxy) is 1. The molecule has 204 valence electrons. The van der Waals surface area contributed by atoms with Crippen LogP contribution < -0.4 is 15.4 Å². The van der Waals surface area contributed by atoms with Gasteiger partial charge in [0, 0.05) is 44.3 Å². The van der Waals surface area contributed by atoms with Crippen LogP contribution in [-0.2, 0) is 11.3 Å². The normalized spacial score (nSPS) is 15.6. The topological polar surface area (TPSA) is 98.4 Å². The monoisotopic (exact) mass is 547 g/mol. The number of hydrogen-bond donors (Lipinski definition) is 3. The van der Waals surface area contributed by atoms with Crippen molar-refractivity contribution in [2.24, 2.45) is 0 Å². The Kier molecular flexibility index (Phi) is 8.61. The number of carbonyl (C=O) groups excluding carboxylic acids is 1. The average Bonchev–Trinajstić information content (AvgIpc) is 3.57. The number of carbonyl (C=O) groups is 1. The number of nitrogens with zero attached hydrogens (tertiary/aromatic N) is 4. The number of fused-ring (bicyclic) bond motifs is 1. The fraction of sp³-hybridized carbons (Fsp3) is 0.345. The molecule has 0 spiro atoms. The van der Waals surface area contributed by atoms with E-state index in [1.165, 1.54) is 5.56 Å². The van der Waals surface area contributed by atoms with Crippen LogP contribution >= 0.6 is 11.6 Å². The summed E-state index contributed by atoms with van der Waals surface area (Å²) in [6, 6.07) is 18.3. The van der Waals surface area contributed by atoms with E-state index < -0.39 is 0 Å². The molecule has 0 aliphatic carbocycles. The molecule has 4 aromatic rings. The molecule has 0 radical (unpaired) electrons. The lowest BCUT2D eigenvalue weighted by Crippen LogP contribution is -2.34. The van der Waals surface area contributed by atoms with Crippen molar-refractivity contribution in [1.29, 1.82) is 0 Å². The summed E-state index contributed by atoms with van der Waals surface area (Å²) in [7, 11) is 3.93. The highest BCUT2D eigenvalue weighted by molar-refractivity contribution is 6.34. The van der Waals surface area contributed by atoms with E-state index in [-0.39, 0.29) is 18.6 Å². The van der Waals surface area contributed by atoms with Crippen molar-refractivity contribution in [3.63, 3.8) is 0 Å². The quantitative estimate of drug-likeness (QED) is 0.261. The molecule has 1 amide bonds. The number of imidazole rings is 1. The number of likely N-dealkylation sites (tertiary alicyclic amines) is 1. The lowest BCUT2D eigenvalue weighted by atomic mass is 10.2. The Morgan fingerprint density at radius 1 is 1.18 bits per heavy atom. The maximum atomic E-state index is 12.0. The highest BCUT2D eigenvalue weighted by Gasteiger charge is 2.24. The van der Waals surface area contributed by atoms with Crippen molar-refractivity contribution in [2.75, 3.05) is 52.2 Å². The number of likely N-dealkylation sites (N-methyl/N-ethyl adjacent to an activating group) is 1. The second-order valence-corrected chi connectivity index (χ2v) is 10.5. The Morgan fingerprint density at radius 2 is 1.97 bits per heavy atom. The SMILES string of the molecule is CN(C)CCNC(=O)COc1ccc(-c2nc3ncc(Cl)c(NC4CCN(Cc5ccccc5)C4)c3[nH]2)cc1. The molecule has 39 heavy (non-hydrogen) atoms. The van der Waals surface area contributed by atoms with Gasteiger partial charge in [0.25, 0.3) is 5.91 Å². The molecule has 0 bridgehead atoms. The minimum Gasteiger partial charge on any atom is -0.484 e. The van der Waals surface area contributed by atoms with Gasteiger partial charge in [0.1, 0.15) is 17.1 Å². The fourth-order valence-corrected chi connectivity index (χ4v) is 4.88. The van der Waals surface area contributed by atoms with E-state index in [1.807, 2.05) is 49.3 Å². The van der Waals surface area contributed by atoms with Crippen molar-refractivity contribution < 1.29 is 9.53 Å². The molecular formula is C29H34ClN7O2. The molecule has 10 heteroatoms. The van der Waals surface area contributed by atoms with Crippen molar-refractivity contribution in [2.45, 2.75) is 19.0 Å². The summed E-state index contributed by atoms with van der Waals surface area (Å²) in [5.41, 5.74) is 4.42. The Hall–Kier alpha value is -3.66. The Morgan fingerprint density at radius 3 is 2.74 bits per heavy atom. The lowest BCUT2D eigenvalue weighted by Gasteiger charge is -2.18. The zero-order chi connectivity index (χ0) is 27.2. The largest absolute Gasteiger partial charge is 0.484 e. The van der Waals surface area contributed by atoms with Gasteiger partial charge in [-0.05, 0) is 50.3 Å². The third-order valence-corrected chi connectivity index (χ3v) is 7.01. The number of aromatic nitrogens is 3.